The molecule has 6 rings (SSSR count). The SMILES string of the molecule is O=[N+]([O-])c1cccc(-c2cc(CN3C[C@H]4CC[C@@H](C3)N4Cc3ccnc(-c4cccc([N+](=O)[O-])c4)c3)ccn2)c1. The van der Waals surface area contributed by atoms with Gasteiger partial charge in [0.05, 0.1) is 21.2 Å². The smallest absolute Gasteiger partial charge is 0.270 e. The highest BCUT2D eigenvalue weighted by Gasteiger charge is 2.39. The third-order valence-electron chi connectivity index (χ3n) is 7.83. The number of non-ortho nitro benzene ring substituents is 2. The normalized spacial score (nSPS) is 19.0. The van der Waals surface area contributed by atoms with Crippen LogP contribution in [-0.4, -0.2) is 54.8 Å². The minimum absolute atomic E-state index is 0.0591. The summed E-state index contributed by atoms with van der Waals surface area (Å²) in [6.45, 7) is 3.55. The summed E-state index contributed by atoms with van der Waals surface area (Å²) < 4.78 is 0. The van der Waals surface area contributed by atoms with Crippen LogP contribution in [0.15, 0.2) is 85.2 Å². The number of nitrogens with zero attached hydrogens (tertiary/aromatic N) is 6. The van der Waals surface area contributed by atoms with E-state index in [1.54, 1.807) is 36.7 Å². The van der Waals surface area contributed by atoms with Crippen molar-refractivity contribution in [2.45, 2.75) is 38.0 Å². The third-order valence-corrected chi connectivity index (χ3v) is 7.83. The molecule has 2 aliphatic heterocycles. The van der Waals surface area contributed by atoms with Gasteiger partial charge >= 0.3 is 0 Å². The Hall–Kier alpha value is -4.54. The summed E-state index contributed by atoms with van der Waals surface area (Å²) >= 11 is 0. The molecule has 202 valence electrons. The van der Waals surface area contributed by atoms with E-state index in [2.05, 4.69) is 19.8 Å². The van der Waals surface area contributed by atoms with Gasteiger partial charge in [0, 0.05) is 86.0 Å². The number of piperazine rings is 1. The Morgan fingerprint density at radius 2 is 1.20 bits per heavy atom. The Bertz CT molecular complexity index is 1560. The van der Waals surface area contributed by atoms with Gasteiger partial charge in [-0.15, -0.1) is 0 Å². The first kappa shape index (κ1) is 25.7. The van der Waals surface area contributed by atoms with Crippen LogP contribution in [0.2, 0.25) is 0 Å². The highest BCUT2D eigenvalue weighted by molar-refractivity contribution is 5.63. The number of fused-ring (bicyclic) bond motifs is 2. The number of hydrogen-bond donors (Lipinski definition) is 0. The molecular weight excluding hydrogens is 508 g/mol. The van der Waals surface area contributed by atoms with Crippen LogP contribution >= 0.6 is 0 Å². The van der Waals surface area contributed by atoms with Gasteiger partial charge in [-0.25, -0.2) is 0 Å². The van der Waals surface area contributed by atoms with E-state index in [1.165, 1.54) is 12.1 Å². The molecule has 0 aliphatic carbocycles. The lowest BCUT2D eigenvalue weighted by Gasteiger charge is -2.41. The molecule has 10 heteroatoms. The summed E-state index contributed by atoms with van der Waals surface area (Å²) in [7, 11) is 0. The monoisotopic (exact) mass is 536 g/mol. The number of pyridine rings is 2. The van der Waals surface area contributed by atoms with E-state index in [4.69, 9.17) is 0 Å². The van der Waals surface area contributed by atoms with Gasteiger partial charge in [0.25, 0.3) is 11.4 Å². The zero-order valence-corrected chi connectivity index (χ0v) is 21.8. The molecule has 40 heavy (non-hydrogen) atoms. The number of likely N-dealkylation sites (tertiary alicyclic amines) is 1. The lowest BCUT2D eigenvalue weighted by molar-refractivity contribution is -0.385. The van der Waals surface area contributed by atoms with Gasteiger partial charge in [-0.2, -0.15) is 0 Å². The molecule has 0 radical (unpaired) electrons. The van der Waals surface area contributed by atoms with E-state index in [9.17, 15) is 20.2 Å². The van der Waals surface area contributed by atoms with Gasteiger partial charge < -0.3 is 0 Å². The predicted molar refractivity (Wildman–Crippen MR) is 150 cm³/mol. The minimum Gasteiger partial charge on any atom is -0.296 e. The molecule has 4 heterocycles. The van der Waals surface area contributed by atoms with Gasteiger partial charge in [-0.05, 0) is 48.2 Å². The van der Waals surface area contributed by atoms with E-state index in [0.29, 0.717) is 12.1 Å². The maximum Gasteiger partial charge on any atom is 0.270 e. The molecule has 0 saturated carbocycles. The van der Waals surface area contributed by atoms with E-state index < -0.39 is 0 Å². The molecule has 0 N–H and O–H groups in total. The van der Waals surface area contributed by atoms with Crippen molar-refractivity contribution in [3.05, 3.63) is 117 Å². The fraction of sp³-hybridized carbons (Fsp3) is 0.267. The summed E-state index contributed by atoms with van der Waals surface area (Å²) in [5, 5.41) is 22.4. The van der Waals surface area contributed by atoms with E-state index in [1.807, 2.05) is 36.4 Å². The second kappa shape index (κ2) is 10.9. The molecule has 10 nitrogen and oxygen atoms in total. The first-order chi connectivity index (χ1) is 19.4. The summed E-state index contributed by atoms with van der Waals surface area (Å²) in [6.07, 6.45) is 5.86. The molecule has 2 atom stereocenters. The summed E-state index contributed by atoms with van der Waals surface area (Å²) in [6, 6.07) is 22.2. The van der Waals surface area contributed by atoms with E-state index in [-0.39, 0.29) is 21.2 Å². The highest BCUT2D eigenvalue weighted by Crippen LogP contribution is 2.33. The molecule has 2 bridgehead atoms. The zero-order valence-electron chi connectivity index (χ0n) is 21.8. The number of hydrogen-bond acceptors (Lipinski definition) is 8. The highest BCUT2D eigenvalue weighted by atomic mass is 16.6. The summed E-state index contributed by atoms with van der Waals surface area (Å²) in [5.41, 5.74) is 5.37. The van der Waals surface area contributed by atoms with Crippen molar-refractivity contribution in [3.63, 3.8) is 0 Å². The number of benzene rings is 2. The Kier molecular flexibility index (Phi) is 7.02. The number of nitro groups is 2. The molecule has 4 aromatic rings. The molecule has 2 aromatic heterocycles. The molecule has 0 amide bonds. The third kappa shape index (κ3) is 5.45. The standard InChI is InChI=1S/C30H28N6O4/c37-35(38)25-5-1-3-23(15-25)29-13-21(9-11-31-29)17-33-19-27-7-8-28(20-33)34(27)18-22-10-12-32-30(14-22)24-4-2-6-26(16-24)36(39)40/h1-6,9-16,27-28H,7-8,17-20H2/t27-,28+. The second-order valence-electron chi connectivity index (χ2n) is 10.5. The molecule has 2 aliphatic rings. The Morgan fingerprint density at radius 3 is 1.70 bits per heavy atom. The molecule has 0 spiro atoms. The average Bonchev–Trinajstić information content (AvgIpc) is 3.19. The average molecular weight is 537 g/mol. The first-order valence-electron chi connectivity index (χ1n) is 13.3. The van der Waals surface area contributed by atoms with Crippen LogP contribution in [0.25, 0.3) is 22.5 Å². The van der Waals surface area contributed by atoms with Crippen LogP contribution in [0.1, 0.15) is 24.0 Å². The molecule has 2 fully saturated rings. The Balaban J connectivity index is 1.13. The lowest BCUT2D eigenvalue weighted by atomic mass is 10.1. The lowest BCUT2D eigenvalue weighted by Crippen LogP contribution is -2.52. The van der Waals surface area contributed by atoms with Crippen molar-refractivity contribution in [2.75, 3.05) is 13.1 Å². The number of nitro benzene ring substituents is 2. The Morgan fingerprint density at radius 1 is 0.700 bits per heavy atom. The van der Waals surface area contributed by atoms with Crippen LogP contribution in [0.4, 0.5) is 11.4 Å². The van der Waals surface area contributed by atoms with Gasteiger partial charge in [-0.1, -0.05) is 24.3 Å². The van der Waals surface area contributed by atoms with Crippen molar-refractivity contribution >= 4 is 11.4 Å². The van der Waals surface area contributed by atoms with Gasteiger partial charge in [0.1, 0.15) is 0 Å². The molecule has 0 unspecified atom stereocenters. The van der Waals surface area contributed by atoms with Gasteiger partial charge in [-0.3, -0.25) is 40.0 Å². The van der Waals surface area contributed by atoms with E-state index >= 15 is 0 Å². The fourth-order valence-corrected chi connectivity index (χ4v) is 5.95. The Labute approximate surface area is 231 Å². The summed E-state index contributed by atoms with van der Waals surface area (Å²) in [4.78, 5) is 35.6. The largest absolute Gasteiger partial charge is 0.296 e. The van der Waals surface area contributed by atoms with E-state index in [0.717, 1.165) is 72.7 Å². The van der Waals surface area contributed by atoms with Crippen molar-refractivity contribution < 1.29 is 9.85 Å². The van der Waals surface area contributed by atoms with Crippen LogP contribution in [0, 0.1) is 20.2 Å². The fourth-order valence-electron chi connectivity index (χ4n) is 5.95. The molecule has 2 aromatic carbocycles. The van der Waals surface area contributed by atoms with Crippen molar-refractivity contribution in [1.82, 2.24) is 19.8 Å². The summed E-state index contributed by atoms with van der Waals surface area (Å²) in [5.74, 6) is 0. The van der Waals surface area contributed by atoms with Crippen molar-refractivity contribution in [2.24, 2.45) is 0 Å². The topological polar surface area (TPSA) is 119 Å². The quantitative estimate of drug-likeness (QED) is 0.215. The number of aromatic nitrogens is 2. The number of rotatable bonds is 8. The maximum atomic E-state index is 11.2. The molecular formula is C30H28N6O4. The minimum atomic E-state index is -0.386. The van der Waals surface area contributed by atoms with Crippen LogP contribution < -0.4 is 0 Å². The second-order valence-corrected chi connectivity index (χ2v) is 10.5. The predicted octanol–water partition coefficient (Wildman–Crippen LogP) is 5.48. The van der Waals surface area contributed by atoms with Crippen LogP contribution in [-0.2, 0) is 13.1 Å². The van der Waals surface area contributed by atoms with Gasteiger partial charge in [0.2, 0.25) is 0 Å². The van der Waals surface area contributed by atoms with Crippen molar-refractivity contribution in [1.29, 1.82) is 0 Å². The zero-order chi connectivity index (χ0) is 27.6. The van der Waals surface area contributed by atoms with Crippen LogP contribution in [0.5, 0.6) is 0 Å². The maximum absolute atomic E-state index is 11.2. The van der Waals surface area contributed by atoms with Crippen LogP contribution in [0.3, 0.4) is 0 Å². The molecule has 2 saturated heterocycles. The van der Waals surface area contributed by atoms with Gasteiger partial charge in [0.15, 0.2) is 0 Å². The first-order valence-corrected chi connectivity index (χ1v) is 13.3. The van der Waals surface area contributed by atoms with Crippen molar-refractivity contribution in [3.8, 4) is 22.5 Å².